The van der Waals surface area contributed by atoms with Gasteiger partial charge >= 0.3 is 0 Å². The Kier molecular flexibility index (Phi) is 2.56. The van der Waals surface area contributed by atoms with Crippen molar-refractivity contribution in [2.45, 2.75) is 12.5 Å². The highest BCUT2D eigenvalue weighted by atomic mass is 16.7. The Balaban J connectivity index is 1.84. The third kappa shape index (κ3) is 1.81. The molecule has 2 aromatic rings. The lowest BCUT2D eigenvalue weighted by molar-refractivity contribution is 0.0668. The van der Waals surface area contributed by atoms with Crippen LogP contribution in [0.1, 0.15) is 6.42 Å². The predicted octanol–water partition coefficient (Wildman–Crippen LogP) is 0.0973. The molecule has 4 aliphatic rings. The van der Waals surface area contributed by atoms with Crippen LogP contribution in [-0.2, 0) is 9.47 Å². The second-order valence-corrected chi connectivity index (χ2v) is 6.40. The van der Waals surface area contributed by atoms with E-state index >= 15 is 0 Å². The van der Waals surface area contributed by atoms with E-state index in [4.69, 9.17) is 18.9 Å². The Morgan fingerprint density at radius 2 is 1.72 bits per heavy atom. The van der Waals surface area contributed by atoms with Crippen LogP contribution in [0.25, 0.3) is 24.0 Å². The average Bonchev–Trinajstić information content (AvgIpc) is 3.25. The highest BCUT2D eigenvalue weighted by molar-refractivity contribution is 5.55. The highest BCUT2D eigenvalue weighted by Gasteiger charge is 2.23. The summed E-state index contributed by atoms with van der Waals surface area (Å²) in [5.41, 5.74) is 3.36. The summed E-state index contributed by atoms with van der Waals surface area (Å²) in [7, 11) is 0. The van der Waals surface area contributed by atoms with Crippen molar-refractivity contribution in [3.63, 3.8) is 0 Å². The van der Waals surface area contributed by atoms with Gasteiger partial charge in [-0.25, -0.2) is 0 Å². The first-order valence-corrected chi connectivity index (χ1v) is 8.38. The van der Waals surface area contributed by atoms with Crippen LogP contribution in [0.3, 0.4) is 0 Å². The molecule has 0 spiro atoms. The van der Waals surface area contributed by atoms with Gasteiger partial charge in [0.1, 0.15) is 6.10 Å². The van der Waals surface area contributed by atoms with Crippen LogP contribution in [0.4, 0.5) is 0 Å². The van der Waals surface area contributed by atoms with E-state index in [-0.39, 0.29) is 12.9 Å². The first-order chi connectivity index (χ1) is 12.4. The molecule has 2 aromatic carbocycles. The average molecular weight is 330 g/mol. The fourth-order valence-corrected chi connectivity index (χ4v) is 3.95. The zero-order valence-corrected chi connectivity index (χ0v) is 13.4. The van der Waals surface area contributed by atoms with Crippen molar-refractivity contribution in [1.82, 2.24) is 0 Å². The number of hydrogen-bond acceptors (Lipinski definition) is 4. The van der Waals surface area contributed by atoms with Gasteiger partial charge in [-0.1, -0.05) is 23.9 Å². The minimum Gasteiger partial charge on any atom is -0.461 e. The predicted molar refractivity (Wildman–Crippen MR) is 90.9 cm³/mol. The summed E-state index contributed by atoms with van der Waals surface area (Å²) in [6.07, 6.45) is 7.31. The summed E-state index contributed by atoms with van der Waals surface area (Å²) in [4.78, 5) is 0. The van der Waals surface area contributed by atoms with E-state index in [0.29, 0.717) is 6.79 Å². The molecule has 4 heteroatoms. The summed E-state index contributed by atoms with van der Waals surface area (Å²) in [5, 5.41) is 6.91. The van der Waals surface area contributed by atoms with Crippen molar-refractivity contribution in [2.75, 3.05) is 13.6 Å². The van der Waals surface area contributed by atoms with Gasteiger partial charge in [0.05, 0.1) is 0 Å². The maximum atomic E-state index is 5.71. The van der Waals surface area contributed by atoms with Gasteiger partial charge in [-0.05, 0) is 51.6 Å². The van der Waals surface area contributed by atoms with Crippen molar-refractivity contribution in [3.8, 4) is 11.5 Å². The largest absolute Gasteiger partial charge is 0.461 e. The molecule has 1 unspecified atom stereocenters. The van der Waals surface area contributed by atoms with Crippen LogP contribution in [0.15, 0.2) is 30.0 Å². The summed E-state index contributed by atoms with van der Waals surface area (Å²) < 4.78 is 22.4. The molecule has 1 saturated heterocycles. The molecule has 0 N–H and O–H groups in total. The van der Waals surface area contributed by atoms with Crippen molar-refractivity contribution < 1.29 is 18.9 Å². The molecule has 0 radical (unpaired) electrons. The van der Waals surface area contributed by atoms with Crippen LogP contribution in [0, 0.1) is 10.4 Å². The van der Waals surface area contributed by atoms with Crippen LogP contribution in [0.5, 0.6) is 11.5 Å². The third-order valence-electron chi connectivity index (χ3n) is 5.10. The summed E-state index contributed by atoms with van der Waals surface area (Å²) in [6.45, 7) is 0.583. The normalized spacial score (nSPS) is 20.8. The van der Waals surface area contributed by atoms with Gasteiger partial charge in [0, 0.05) is 10.4 Å². The van der Waals surface area contributed by atoms with Crippen molar-refractivity contribution >= 4 is 24.0 Å². The fraction of sp³-hybridized carbons (Fsp3) is 0.190. The zero-order chi connectivity index (χ0) is 16.4. The van der Waals surface area contributed by atoms with Gasteiger partial charge in [-0.2, -0.15) is 0 Å². The molecule has 2 heterocycles. The molecule has 2 aliphatic carbocycles. The van der Waals surface area contributed by atoms with E-state index in [1.807, 2.05) is 6.07 Å². The minimum absolute atomic E-state index is 0.129. The van der Waals surface area contributed by atoms with Gasteiger partial charge in [-0.15, -0.1) is 0 Å². The molecule has 1 atom stereocenters. The molecule has 6 rings (SSSR count). The van der Waals surface area contributed by atoms with Gasteiger partial charge < -0.3 is 18.9 Å². The molecule has 0 saturated carbocycles. The molecule has 0 bridgehead atoms. The zero-order valence-electron chi connectivity index (χ0n) is 13.4. The molecule has 122 valence electrons. The SMILES string of the molecule is C1=C2OCOC2C=c2c=1ccc1c2=CCC=c2c3c(ccc2=1)OCO3. The van der Waals surface area contributed by atoms with E-state index in [1.54, 1.807) is 0 Å². The van der Waals surface area contributed by atoms with E-state index in [9.17, 15) is 0 Å². The Bertz CT molecular complexity index is 1310. The monoisotopic (exact) mass is 330 g/mol. The Morgan fingerprint density at radius 3 is 2.72 bits per heavy atom. The van der Waals surface area contributed by atoms with Gasteiger partial charge in [0.25, 0.3) is 0 Å². The van der Waals surface area contributed by atoms with Gasteiger partial charge in [0.15, 0.2) is 24.1 Å². The van der Waals surface area contributed by atoms with E-state index in [1.165, 1.54) is 15.7 Å². The van der Waals surface area contributed by atoms with Crippen LogP contribution < -0.4 is 30.3 Å². The molecule has 2 aliphatic heterocycles. The van der Waals surface area contributed by atoms with Crippen LogP contribution in [0.2, 0.25) is 0 Å². The molecular formula is C21H14O4. The first-order valence-electron chi connectivity index (χ1n) is 8.38. The Hall–Kier alpha value is -2.94. The maximum absolute atomic E-state index is 5.71. The minimum atomic E-state index is -0.129. The first kappa shape index (κ1) is 13.4. The Morgan fingerprint density at radius 1 is 0.840 bits per heavy atom. The second-order valence-electron chi connectivity index (χ2n) is 6.40. The number of hydrogen-bond donors (Lipinski definition) is 0. The molecular weight excluding hydrogens is 316 g/mol. The van der Waals surface area contributed by atoms with Gasteiger partial charge in [-0.3, -0.25) is 0 Å². The summed E-state index contributed by atoms with van der Waals surface area (Å²) >= 11 is 0. The molecule has 1 fully saturated rings. The lowest BCUT2D eigenvalue weighted by atomic mass is 10.0. The number of rotatable bonds is 0. The molecule has 0 amide bonds. The van der Waals surface area contributed by atoms with Crippen molar-refractivity contribution in [2.24, 2.45) is 0 Å². The maximum Gasteiger partial charge on any atom is 0.231 e. The topological polar surface area (TPSA) is 36.9 Å². The smallest absolute Gasteiger partial charge is 0.231 e. The van der Waals surface area contributed by atoms with Crippen LogP contribution in [-0.4, -0.2) is 19.7 Å². The molecule has 4 nitrogen and oxygen atoms in total. The summed E-state index contributed by atoms with van der Waals surface area (Å²) in [5.74, 6) is 2.44. The standard InChI is InChI=1S/C21H14O4/c1-2-13-14(15-6-7-18-21(16(15)3-1)25-11-22-18)5-4-12-8-19-20(9-17(12)13)24-10-23-19/h2-7,9,20H,1,10-11H2. The quantitative estimate of drug-likeness (QED) is 0.687. The number of benzene rings is 2. The highest BCUT2D eigenvalue weighted by Crippen LogP contribution is 2.27. The van der Waals surface area contributed by atoms with Crippen molar-refractivity contribution in [1.29, 1.82) is 0 Å². The number of fused-ring (bicyclic) bond motifs is 7. The lowest BCUT2D eigenvalue weighted by Gasteiger charge is -2.05. The number of ether oxygens (including phenoxy) is 4. The van der Waals surface area contributed by atoms with E-state index in [2.05, 4.69) is 42.2 Å². The molecule has 25 heavy (non-hydrogen) atoms. The van der Waals surface area contributed by atoms with Gasteiger partial charge in [0.2, 0.25) is 6.79 Å². The Labute approximate surface area is 142 Å². The molecule has 0 aromatic heterocycles. The fourth-order valence-electron chi connectivity index (χ4n) is 3.95. The third-order valence-corrected chi connectivity index (χ3v) is 5.10. The van der Waals surface area contributed by atoms with Crippen molar-refractivity contribution in [3.05, 3.63) is 61.3 Å². The van der Waals surface area contributed by atoms with E-state index in [0.717, 1.165) is 39.3 Å². The lowest BCUT2D eigenvalue weighted by Crippen LogP contribution is -2.42. The van der Waals surface area contributed by atoms with E-state index < -0.39 is 0 Å². The van der Waals surface area contributed by atoms with Crippen LogP contribution >= 0.6 is 0 Å². The second kappa shape index (κ2) is 4.79. The summed E-state index contributed by atoms with van der Waals surface area (Å²) in [6, 6.07) is 8.36.